The highest BCUT2D eigenvalue weighted by atomic mass is 16.5. The number of nitrogens with one attached hydrogen (secondary N) is 2. The lowest BCUT2D eigenvalue weighted by Crippen LogP contribution is -2.34. The first-order chi connectivity index (χ1) is 8.95. The average Bonchev–Trinajstić information content (AvgIpc) is 2.84. The summed E-state index contributed by atoms with van der Waals surface area (Å²) in [5, 5.41) is 21.9. The molecule has 19 heavy (non-hydrogen) atoms. The summed E-state index contributed by atoms with van der Waals surface area (Å²) in [5.74, 6) is -0.829. The second-order valence-electron chi connectivity index (χ2n) is 4.02. The van der Waals surface area contributed by atoms with Crippen LogP contribution in [0.25, 0.3) is 0 Å². The normalized spacial score (nSPS) is 13.7. The third-order valence-electron chi connectivity index (χ3n) is 2.47. The Bertz CT molecular complexity index is 443. The molecule has 0 spiro atoms. The molecule has 0 saturated carbocycles. The predicted molar refractivity (Wildman–Crippen MR) is 66.4 cm³/mol. The van der Waals surface area contributed by atoms with Crippen molar-refractivity contribution < 1.29 is 24.5 Å². The highest BCUT2D eigenvalue weighted by Gasteiger charge is 2.21. The molecule has 0 bridgehead atoms. The summed E-state index contributed by atoms with van der Waals surface area (Å²) in [6.07, 6.45) is -0.950. The average molecular weight is 270 g/mol. The topological polar surface area (TPSA) is 112 Å². The van der Waals surface area contributed by atoms with Gasteiger partial charge in [-0.05, 0) is 13.0 Å². The van der Waals surface area contributed by atoms with Crippen molar-refractivity contribution in [1.82, 2.24) is 10.3 Å². The van der Waals surface area contributed by atoms with Crippen molar-refractivity contribution in [1.29, 1.82) is 0 Å². The molecule has 2 unspecified atom stereocenters. The van der Waals surface area contributed by atoms with Gasteiger partial charge in [0.2, 0.25) is 5.91 Å². The number of rotatable bonds is 6. The summed E-state index contributed by atoms with van der Waals surface area (Å²) < 4.78 is 4.79. The number of esters is 1. The van der Waals surface area contributed by atoms with Gasteiger partial charge >= 0.3 is 5.97 Å². The molecule has 0 aliphatic rings. The number of carbonyl (C=O) groups is 2. The second-order valence-corrected chi connectivity index (χ2v) is 4.02. The fraction of sp³-hybridized carbons (Fsp3) is 0.500. The molecule has 0 aliphatic carbocycles. The van der Waals surface area contributed by atoms with E-state index in [4.69, 9.17) is 4.74 Å². The number of ether oxygens (including phenoxy) is 1. The maximum absolute atomic E-state index is 11.4. The van der Waals surface area contributed by atoms with Gasteiger partial charge in [0.1, 0.15) is 17.9 Å². The van der Waals surface area contributed by atoms with E-state index in [-0.39, 0.29) is 24.8 Å². The number of aromatic nitrogens is 1. The minimum atomic E-state index is -1.20. The van der Waals surface area contributed by atoms with Gasteiger partial charge in [0, 0.05) is 25.2 Å². The van der Waals surface area contributed by atoms with E-state index in [9.17, 15) is 19.8 Å². The third kappa shape index (κ3) is 4.38. The van der Waals surface area contributed by atoms with Gasteiger partial charge in [-0.25, -0.2) is 4.79 Å². The number of carbonyl (C=O) groups excluding carboxylic acids is 2. The second kappa shape index (κ2) is 6.91. The van der Waals surface area contributed by atoms with Crippen molar-refractivity contribution in [3.8, 4) is 0 Å². The smallest absolute Gasteiger partial charge is 0.354 e. The van der Waals surface area contributed by atoms with E-state index in [0.29, 0.717) is 5.56 Å². The van der Waals surface area contributed by atoms with E-state index in [0.717, 1.165) is 0 Å². The number of hydrogen-bond donors (Lipinski definition) is 4. The molecule has 1 aromatic heterocycles. The molecule has 2 atom stereocenters. The maximum atomic E-state index is 11.4. The molecule has 4 N–H and O–H groups in total. The highest BCUT2D eigenvalue weighted by molar-refractivity contribution is 5.87. The SMILES string of the molecule is CCOC(=O)c1cc(C(O)C(O)CNC(C)=O)c[nH]1. The van der Waals surface area contributed by atoms with Crippen LogP contribution < -0.4 is 5.32 Å². The lowest BCUT2D eigenvalue weighted by atomic mass is 10.1. The Kier molecular flexibility index (Phi) is 5.53. The van der Waals surface area contributed by atoms with E-state index in [1.165, 1.54) is 19.2 Å². The zero-order valence-corrected chi connectivity index (χ0v) is 10.8. The Labute approximate surface area is 110 Å². The van der Waals surface area contributed by atoms with Gasteiger partial charge < -0.3 is 25.3 Å². The molecule has 7 nitrogen and oxygen atoms in total. The first-order valence-corrected chi connectivity index (χ1v) is 5.91. The van der Waals surface area contributed by atoms with Gasteiger partial charge in [-0.1, -0.05) is 0 Å². The van der Waals surface area contributed by atoms with Gasteiger partial charge in [0.15, 0.2) is 0 Å². The number of aliphatic hydroxyl groups excluding tert-OH is 2. The lowest BCUT2D eigenvalue weighted by molar-refractivity contribution is -0.119. The molecular formula is C12H18N2O5. The zero-order chi connectivity index (χ0) is 14.4. The van der Waals surface area contributed by atoms with Crippen LogP contribution in [0.1, 0.15) is 36.0 Å². The quantitative estimate of drug-likeness (QED) is 0.531. The monoisotopic (exact) mass is 270 g/mol. The Hall–Kier alpha value is -1.86. The Balaban J connectivity index is 2.64. The maximum Gasteiger partial charge on any atom is 0.354 e. The van der Waals surface area contributed by atoms with Gasteiger partial charge in [-0.15, -0.1) is 0 Å². The van der Waals surface area contributed by atoms with Crippen LogP contribution in [0.5, 0.6) is 0 Å². The largest absolute Gasteiger partial charge is 0.461 e. The molecule has 1 aromatic rings. The van der Waals surface area contributed by atoms with Gasteiger partial charge in [0.05, 0.1) is 6.61 Å². The standard InChI is InChI=1S/C12H18N2O5/c1-3-19-12(18)9-4-8(5-14-9)11(17)10(16)6-13-7(2)15/h4-5,10-11,14,16-17H,3,6H2,1-2H3,(H,13,15). The number of hydrogen-bond acceptors (Lipinski definition) is 5. The zero-order valence-electron chi connectivity index (χ0n) is 10.8. The number of aliphatic hydroxyl groups is 2. The molecule has 0 aromatic carbocycles. The fourth-order valence-electron chi connectivity index (χ4n) is 1.49. The Morgan fingerprint density at radius 3 is 2.74 bits per heavy atom. The first-order valence-electron chi connectivity index (χ1n) is 5.91. The van der Waals surface area contributed by atoms with E-state index >= 15 is 0 Å². The Morgan fingerprint density at radius 1 is 1.47 bits per heavy atom. The Morgan fingerprint density at radius 2 is 2.16 bits per heavy atom. The molecule has 0 saturated heterocycles. The van der Waals surface area contributed by atoms with Crippen LogP contribution in [0, 0.1) is 0 Å². The van der Waals surface area contributed by atoms with Crippen molar-refractivity contribution in [2.75, 3.05) is 13.2 Å². The van der Waals surface area contributed by atoms with E-state index < -0.39 is 18.2 Å². The van der Waals surface area contributed by atoms with Crippen molar-refractivity contribution in [3.63, 3.8) is 0 Å². The molecule has 7 heteroatoms. The first kappa shape index (κ1) is 15.2. The highest BCUT2D eigenvalue weighted by Crippen LogP contribution is 2.18. The summed E-state index contributed by atoms with van der Waals surface area (Å²) in [6, 6.07) is 1.40. The minimum absolute atomic E-state index is 0.0730. The van der Waals surface area contributed by atoms with E-state index in [1.807, 2.05) is 0 Å². The van der Waals surface area contributed by atoms with Crippen molar-refractivity contribution in [2.45, 2.75) is 26.1 Å². The number of aromatic amines is 1. The molecule has 0 aliphatic heterocycles. The summed E-state index contributed by atoms with van der Waals surface area (Å²) in [5.41, 5.74) is 0.545. The van der Waals surface area contributed by atoms with E-state index in [1.54, 1.807) is 6.92 Å². The lowest BCUT2D eigenvalue weighted by Gasteiger charge is -2.16. The van der Waals surface area contributed by atoms with Gasteiger partial charge in [-0.3, -0.25) is 4.79 Å². The van der Waals surface area contributed by atoms with Gasteiger partial charge in [0.25, 0.3) is 0 Å². The summed E-state index contributed by atoms with van der Waals surface area (Å²) in [7, 11) is 0. The van der Waals surface area contributed by atoms with Crippen LogP contribution >= 0.6 is 0 Å². The van der Waals surface area contributed by atoms with Crippen molar-refractivity contribution >= 4 is 11.9 Å². The molecule has 0 fully saturated rings. The van der Waals surface area contributed by atoms with Crippen LogP contribution in [0.15, 0.2) is 12.3 Å². The fourth-order valence-corrected chi connectivity index (χ4v) is 1.49. The van der Waals surface area contributed by atoms with Crippen LogP contribution in [-0.2, 0) is 9.53 Å². The number of amides is 1. The predicted octanol–water partition coefficient (Wildman–Crippen LogP) is -0.278. The van der Waals surface area contributed by atoms with Crippen LogP contribution in [0.2, 0.25) is 0 Å². The van der Waals surface area contributed by atoms with Gasteiger partial charge in [-0.2, -0.15) is 0 Å². The molecular weight excluding hydrogens is 252 g/mol. The van der Waals surface area contributed by atoms with Crippen molar-refractivity contribution in [2.24, 2.45) is 0 Å². The minimum Gasteiger partial charge on any atom is -0.461 e. The van der Waals surface area contributed by atoms with Crippen molar-refractivity contribution in [3.05, 3.63) is 23.5 Å². The molecule has 1 heterocycles. The third-order valence-corrected chi connectivity index (χ3v) is 2.47. The summed E-state index contributed by atoms with van der Waals surface area (Å²) in [6.45, 7) is 3.18. The number of H-pyrrole nitrogens is 1. The molecule has 1 amide bonds. The summed E-state index contributed by atoms with van der Waals surface area (Å²) >= 11 is 0. The van der Waals surface area contributed by atoms with Crippen LogP contribution in [0.4, 0.5) is 0 Å². The van der Waals surface area contributed by atoms with Crippen LogP contribution in [0.3, 0.4) is 0 Å². The van der Waals surface area contributed by atoms with E-state index in [2.05, 4.69) is 10.3 Å². The molecule has 106 valence electrons. The van der Waals surface area contributed by atoms with Crippen LogP contribution in [-0.4, -0.2) is 46.3 Å². The molecule has 0 radical (unpaired) electrons. The summed E-state index contributed by atoms with van der Waals surface area (Å²) in [4.78, 5) is 24.8. The molecule has 1 rings (SSSR count).